The number of rotatable bonds is 0. The predicted molar refractivity (Wildman–Crippen MR) is 99.6 cm³/mol. The van der Waals surface area contributed by atoms with Gasteiger partial charge in [-0.3, -0.25) is 0 Å². The molecule has 8 unspecified atom stereocenters. The first-order chi connectivity index (χ1) is 14.9. The lowest BCUT2D eigenvalue weighted by molar-refractivity contribution is -0.0839. The fourth-order valence-electron chi connectivity index (χ4n) is 4.67. The van der Waals surface area contributed by atoms with Gasteiger partial charge in [0.25, 0.3) is 0 Å². The molecule has 5 aliphatic heterocycles. The first kappa shape index (κ1) is 21.4. The van der Waals surface area contributed by atoms with Crippen LogP contribution < -0.4 is 0 Å². The molecule has 0 saturated carbocycles. The van der Waals surface area contributed by atoms with Crippen molar-refractivity contribution in [1.29, 1.82) is 0 Å². The van der Waals surface area contributed by atoms with Gasteiger partial charge in [0.1, 0.15) is 48.8 Å². The van der Waals surface area contributed by atoms with Crippen LogP contribution in [0.25, 0.3) is 0 Å². The lowest BCUT2D eigenvalue weighted by Gasteiger charge is -2.19. The van der Waals surface area contributed by atoms with Gasteiger partial charge in [0.15, 0.2) is 0 Å². The molecule has 5 aliphatic rings. The molecule has 8 bridgehead atoms. The van der Waals surface area contributed by atoms with E-state index in [2.05, 4.69) is 0 Å². The van der Waals surface area contributed by atoms with Crippen molar-refractivity contribution >= 4 is 0 Å². The van der Waals surface area contributed by atoms with Crippen molar-refractivity contribution in [3.63, 3.8) is 0 Å². The third kappa shape index (κ3) is 4.83. The molecule has 0 aromatic rings. The van der Waals surface area contributed by atoms with E-state index in [0.717, 1.165) is 0 Å². The Bertz CT molecular complexity index is 446. The second-order valence-electron chi connectivity index (χ2n) is 8.05. The van der Waals surface area contributed by atoms with Gasteiger partial charge in [0.2, 0.25) is 0 Å². The zero-order valence-corrected chi connectivity index (χ0v) is 17.2. The van der Waals surface area contributed by atoms with E-state index < -0.39 is 0 Å². The highest BCUT2D eigenvalue weighted by Crippen LogP contribution is 2.31. The van der Waals surface area contributed by atoms with Gasteiger partial charge in [-0.1, -0.05) is 0 Å². The van der Waals surface area contributed by atoms with E-state index in [-0.39, 0.29) is 48.8 Å². The Balaban J connectivity index is 1.11. The maximum Gasteiger partial charge on any atom is 0.115 e. The van der Waals surface area contributed by atoms with Crippen LogP contribution in [0.2, 0.25) is 0 Å². The van der Waals surface area contributed by atoms with Crippen LogP contribution in [0.5, 0.6) is 0 Å². The molecule has 5 saturated heterocycles. The highest BCUT2D eigenvalue weighted by atomic mass is 16.7. The first-order valence-corrected chi connectivity index (χ1v) is 11.0. The van der Waals surface area contributed by atoms with E-state index in [9.17, 15) is 0 Å². The molecule has 0 aliphatic carbocycles. The summed E-state index contributed by atoms with van der Waals surface area (Å²) in [4.78, 5) is 0. The third-order valence-electron chi connectivity index (χ3n) is 6.16. The van der Waals surface area contributed by atoms with Gasteiger partial charge in [0, 0.05) is 0 Å². The van der Waals surface area contributed by atoms with E-state index in [1.165, 1.54) is 0 Å². The average molecular weight is 432 g/mol. The summed E-state index contributed by atoms with van der Waals surface area (Å²) in [6.45, 7) is 5.96. The predicted octanol–water partition coefficient (Wildman–Crippen LogP) is -0.831. The average Bonchev–Trinajstić information content (AvgIpc) is 3.50. The Hall–Kier alpha value is -0.400. The molecule has 172 valence electrons. The molecular weight excluding hydrogens is 400 g/mol. The van der Waals surface area contributed by atoms with Crippen LogP contribution in [0.3, 0.4) is 0 Å². The van der Waals surface area contributed by atoms with Crippen LogP contribution in [0, 0.1) is 0 Å². The zero-order chi connectivity index (χ0) is 20.2. The third-order valence-corrected chi connectivity index (χ3v) is 6.16. The number of ether oxygens (including phenoxy) is 10. The second-order valence-corrected chi connectivity index (χ2v) is 8.05. The monoisotopic (exact) mass is 432 g/mol. The molecule has 0 radical (unpaired) electrons. The molecule has 30 heavy (non-hydrogen) atoms. The highest BCUT2D eigenvalue weighted by Gasteiger charge is 2.49. The minimum atomic E-state index is -0.0882. The second kappa shape index (κ2) is 10.5. The smallest absolute Gasteiger partial charge is 0.115 e. The fourth-order valence-corrected chi connectivity index (χ4v) is 4.67. The van der Waals surface area contributed by atoms with Crippen molar-refractivity contribution in [1.82, 2.24) is 0 Å². The maximum atomic E-state index is 5.91. The van der Waals surface area contributed by atoms with Gasteiger partial charge in [-0.05, 0) is 0 Å². The van der Waals surface area contributed by atoms with E-state index >= 15 is 0 Å². The summed E-state index contributed by atoms with van der Waals surface area (Å²) in [5, 5.41) is 0. The van der Waals surface area contributed by atoms with Gasteiger partial charge < -0.3 is 47.4 Å². The van der Waals surface area contributed by atoms with Crippen LogP contribution >= 0.6 is 0 Å². The molecular formula is C20H32O10. The van der Waals surface area contributed by atoms with Crippen molar-refractivity contribution in [3.8, 4) is 0 Å². The van der Waals surface area contributed by atoms with Gasteiger partial charge >= 0.3 is 0 Å². The molecule has 5 rings (SSSR count). The standard InChI is InChI=1S/C20H32O10/c1-5-23-13-9-27-18-15(11-28-17(13)18)25-7-3-22-4-8-26-16-12-30-19-14(10-29-20(16)19)24-6-2-21-1/h13-20H,1-12H2. The first-order valence-electron chi connectivity index (χ1n) is 11.0. The van der Waals surface area contributed by atoms with Crippen molar-refractivity contribution < 1.29 is 47.4 Å². The van der Waals surface area contributed by atoms with Crippen LogP contribution in [0.15, 0.2) is 0 Å². The maximum absolute atomic E-state index is 5.91. The summed E-state index contributed by atoms with van der Waals surface area (Å²) in [5.74, 6) is 0. The van der Waals surface area contributed by atoms with Crippen LogP contribution in [0.1, 0.15) is 0 Å². The summed E-state index contributed by atoms with van der Waals surface area (Å²) in [5.41, 5.74) is 0. The lowest BCUT2D eigenvalue weighted by atomic mass is 10.1. The summed E-state index contributed by atoms with van der Waals surface area (Å²) >= 11 is 0. The van der Waals surface area contributed by atoms with E-state index in [4.69, 9.17) is 47.4 Å². The minimum Gasteiger partial charge on any atom is -0.377 e. The largest absolute Gasteiger partial charge is 0.377 e. The van der Waals surface area contributed by atoms with Gasteiger partial charge in [-0.25, -0.2) is 0 Å². The van der Waals surface area contributed by atoms with Gasteiger partial charge in [-0.2, -0.15) is 0 Å². The Morgan fingerprint density at radius 1 is 0.300 bits per heavy atom. The Morgan fingerprint density at radius 3 is 0.833 bits per heavy atom. The van der Waals surface area contributed by atoms with E-state index in [1.54, 1.807) is 0 Å². The van der Waals surface area contributed by atoms with Gasteiger partial charge in [0.05, 0.1) is 79.3 Å². The Morgan fingerprint density at radius 2 is 0.567 bits per heavy atom. The number of hydrogen-bond donors (Lipinski definition) is 0. The van der Waals surface area contributed by atoms with Crippen molar-refractivity contribution in [3.05, 3.63) is 0 Å². The van der Waals surface area contributed by atoms with E-state index in [0.29, 0.717) is 79.3 Å². The minimum absolute atomic E-state index is 0.0868. The SMILES string of the molecule is C1COC2COC3C(COC23)OCCOCCOC2COC3C(COC23)OCCO1. The summed E-state index contributed by atoms with van der Waals surface area (Å²) in [7, 11) is 0. The molecule has 0 amide bonds. The molecule has 5 fully saturated rings. The molecule has 0 aromatic carbocycles. The number of hydrogen-bond acceptors (Lipinski definition) is 10. The highest BCUT2D eigenvalue weighted by molar-refractivity contribution is 4.96. The Kier molecular flexibility index (Phi) is 7.49. The quantitative estimate of drug-likeness (QED) is 0.483. The molecule has 0 spiro atoms. The fraction of sp³-hybridized carbons (Fsp3) is 1.00. The van der Waals surface area contributed by atoms with Crippen LogP contribution in [0.4, 0.5) is 0 Å². The van der Waals surface area contributed by atoms with Crippen LogP contribution in [-0.4, -0.2) is 128 Å². The van der Waals surface area contributed by atoms with E-state index in [1.807, 2.05) is 0 Å². The van der Waals surface area contributed by atoms with Crippen molar-refractivity contribution in [2.24, 2.45) is 0 Å². The topological polar surface area (TPSA) is 92.3 Å². The summed E-state index contributed by atoms with van der Waals surface area (Å²) in [6, 6.07) is 0. The summed E-state index contributed by atoms with van der Waals surface area (Å²) < 4.78 is 58.4. The molecule has 0 N–H and O–H groups in total. The van der Waals surface area contributed by atoms with Crippen molar-refractivity contribution in [2.45, 2.75) is 48.8 Å². The lowest BCUT2D eigenvalue weighted by Crippen LogP contribution is -2.35. The summed E-state index contributed by atoms with van der Waals surface area (Å²) in [6.07, 6.45) is -0.700. The van der Waals surface area contributed by atoms with Crippen LogP contribution in [-0.2, 0) is 47.4 Å². The zero-order valence-electron chi connectivity index (χ0n) is 17.2. The molecule has 5 heterocycles. The van der Waals surface area contributed by atoms with Gasteiger partial charge in [-0.15, -0.1) is 0 Å². The Labute approximate surface area is 176 Å². The van der Waals surface area contributed by atoms with Crippen molar-refractivity contribution in [2.75, 3.05) is 79.3 Å². The molecule has 10 nitrogen and oxygen atoms in total. The molecule has 0 aromatic heterocycles. The normalized spacial score (nSPS) is 46.4. The molecule has 8 atom stereocenters. The molecule has 10 heteroatoms.